The molecule has 1 aromatic heterocycles. The van der Waals surface area contributed by atoms with Gasteiger partial charge in [-0.1, -0.05) is 50.1 Å². The Morgan fingerprint density at radius 1 is 0.885 bits per heavy atom. The van der Waals surface area contributed by atoms with E-state index in [0.717, 1.165) is 35.8 Å². The van der Waals surface area contributed by atoms with Crippen molar-refractivity contribution in [2.75, 3.05) is 6.61 Å². The summed E-state index contributed by atoms with van der Waals surface area (Å²) in [6.45, 7) is 2.41. The number of aliphatic hydroxyl groups is 2. The molecule has 1 unspecified atom stereocenters. The number of fused-ring (bicyclic) bond motifs is 1. The van der Waals surface area contributed by atoms with Crippen LogP contribution in [0.1, 0.15) is 61.2 Å². The predicted molar refractivity (Wildman–Crippen MR) is 105 cm³/mol. The van der Waals surface area contributed by atoms with Crippen molar-refractivity contribution in [3.05, 3.63) is 71.0 Å². The van der Waals surface area contributed by atoms with E-state index in [4.69, 9.17) is 9.52 Å². The van der Waals surface area contributed by atoms with Gasteiger partial charge >= 0.3 is 0 Å². The number of hydrogen-bond acceptors (Lipinski definition) is 3. The van der Waals surface area contributed by atoms with E-state index < -0.39 is 6.10 Å². The molecule has 1 atom stereocenters. The Bertz CT molecular complexity index is 817. The monoisotopic (exact) mass is 352 g/mol. The van der Waals surface area contributed by atoms with Crippen LogP contribution in [-0.2, 0) is 12.8 Å². The highest BCUT2D eigenvalue weighted by molar-refractivity contribution is 5.79. The van der Waals surface area contributed by atoms with E-state index in [9.17, 15) is 5.11 Å². The van der Waals surface area contributed by atoms with Gasteiger partial charge in [-0.05, 0) is 60.6 Å². The summed E-state index contributed by atoms with van der Waals surface area (Å²) in [6.07, 6.45) is 5.62. The van der Waals surface area contributed by atoms with Gasteiger partial charge in [0.05, 0.1) is 0 Å². The van der Waals surface area contributed by atoms with Crippen LogP contribution in [0, 0.1) is 0 Å². The molecule has 0 fully saturated rings. The minimum atomic E-state index is -0.756. The van der Waals surface area contributed by atoms with Crippen LogP contribution in [0.15, 0.2) is 52.9 Å². The van der Waals surface area contributed by atoms with Crippen LogP contribution >= 0.6 is 0 Å². The summed E-state index contributed by atoms with van der Waals surface area (Å²) < 4.78 is 5.85. The van der Waals surface area contributed by atoms with Crippen LogP contribution in [-0.4, -0.2) is 16.8 Å². The predicted octanol–water partition coefficient (Wildman–Crippen LogP) is 5.17. The average molecular weight is 352 g/mol. The van der Waals surface area contributed by atoms with Crippen molar-refractivity contribution in [1.82, 2.24) is 0 Å². The molecule has 0 amide bonds. The number of furan rings is 1. The SMILES string of the molecule is CCCCCc1ccc(C(O)c2cc3cc(CCCO)ccc3o2)cc1. The first-order chi connectivity index (χ1) is 12.7. The van der Waals surface area contributed by atoms with Gasteiger partial charge in [-0.3, -0.25) is 0 Å². The Hall–Kier alpha value is -2.10. The van der Waals surface area contributed by atoms with E-state index in [2.05, 4.69) is 25.1 Å². The van der Waals surface area contributed by atoms with Crippen LogP contribution in [0.2, 0.25) is 0 Å². The summed E-state index contributed by atoms with van der Waals surface area (Å²) in [7, 11) is 0. The molecule has 0 saturated heterocycles. The molecule has 0 radical (unpaired) electrons. The fourth-order valence-corrected chi connectivity index (χ4v) is 3.30. The Morgan fingerprint density at radius 3 is 2.35 bits per heavy atom. The van der Waals surface area contributed by atoms with Gasteiger partial charge in [0.2, 0.25) is 0 Å². The molecule has 2 N–H and O–H groups in total. The van der Waals surface area contributed by atoms with Gasteiger partial charge in [0.1, 0.15) is 17.4 Å². The zero-order valence-electron chi connectivity index (χ0n) is 15.4. The summed E-state index contributed by atoms with van der Waals surface area (Å²) in [5, 5.41) is 20.6. The van der Waals surface area contributed by atoms with Crippen LogP contribution in [0.3, 0.4) is 0 Å². The van der Waals surface area contributed by atoms with Crippen LogP contribution < -0.4 is 0 Å². The van der Waals surface area contributed by atoms with Gasteiger partial charge < -0.3 is 14.6 Å². The van der Waals surface area contributed by atoms with E-state index in [1.54, 1.807) is 0 Å². The number of aryl methyl sites for hydroxylation is 2. The maximum atomic E-state index is 10.7. The molecule has 138 valence electrons. The largest absolute Gasteiger partial charge is 0.458 e. The van der Waals surface area contributed by atoms with Crippen molar-refractivity contribution < 1.29 is 14.6 Å². The zero-order chi connectivity index (χ0) is 18.4. The van der Waals surface area contributed by atoms with E-state index in [0.29, 0.717) is 5.76 Å². The van der Waals surface area contributed by atoms with E-state index in [1.165, 1.54) is 30.4 Å². The molecule has 0 bridgehead atoms. The number of unbranched alkanes of at least 4 members (excludes halogenated alkanes) is 2. The second-order valence-electron chi connectivity index (χ2n) is 6.95. The van der Waals surface area contributed by atoms with Crippen molar-refractivity contribution in [3.63, 3.8) is 0 Å². The summed E-state index contributed by atoms with van der Waals surface area (Å²) >= 11 is 0. The Kier molecular flexibility index (Phi) is 6.48. The lowest BCUT2D eigenvalue weighted by atomic mass is 10.0. The molecule has 3 nitrogen and oxygen atoms in total. The van der Waals surface area contributed by atoms with Gasteiger partial charge in [0, 0.05) is 12.0 Å². The van der Waals surface area contributed by atoms with Gasteiger partial charge in [0.15, 0.2) is 0 Å². The number of benzene rings is 2. The topological polar surface area (TPSA) is 53.6 Å². The Morgan fingerprint density at radius 2 is 1.62 bits per heavy atom. The van der Waals surface area contributed by atoms with Crippen molar-refractivity contribution >= 4 is 11.0 Å². The summed E-state index contributed by atoms with van der Waals surface area (Å²) in [6, 6.07) is 16.1. The molecule has 3 rings (SSSR count). The van der Waals surface area contributed by atoms with Gasteiger partial charge in [-0.2, -0.15) is 0 Å². The van der Waals surface area contributed by atoms with Crippen molar-refractivity contribution in [3.8, 4) is 0 Å². The van der Waals surface area contributed by atoms with Crippen molar-refractivity contribution in [1.29, 1.82) is 0 Å². The Labute approximate surface area is 155 Å². The van der Waals surface area contributed by atoms with E-state index in [1.807, 2.05) is 30.3 Å². The molecule has 0 aliphatic rings. The molecule has 1 heterocycles. The van der Waals surface area contributed by atoms with Crippen LogP contribution in [0.25, 0.3) is 11.0 Å². The second kappa shape index (κ2) is 9.02. The number of aliphatic hydroxyl groups excluding tert-OH is 2. The third kappa shape index (κ3) is 4.54. The third-order valence-electron chi connectivity index (χ3n) is 4.86. The lowest BCUT2D eigenvalue weighted by Gasteiger charge is -2.09. The first-order valence-corrected chi connectivity index (χ1v) is 9.61. The quantitative estimate of drug-likeness (QED) is 0.522. The van der Waals surface area contributed by atoms with Gasteiger partial charge in [0.25, 0.3) is 0 Å². The molecule has 0 aliphatic heterocycles. The lowest BCUT2D eigenvalue weighted by molar-refractivity contribution is 0.192. The first-order valence-electron chi connectivity index (χ1n) is 9.61. The van der Waals surface area contributed by atoms with Gasteiger partial charge in [-0.15, -0.1) is 0 Å². The zero-order valence-corrected chi connectivity index (χ0v) is 15.4. The fraction of sp³-hybridized carbons (Fsp3) is 0.391. The second-order valence-corrected chi connectivity index (χ2v) is 6.95. The Balaban J connectivity index is 1.73. The average Bonchev–Trinajstić information content (AvgIpc) is 3.10. The minimum absolute atomic E-state index is 0.196. The lowest BCUT2D eigenvalue weighted by Crippen LogP contribution is -1.98. The molecule has 3 heteroatoms. The maximum absolute atomic E-state index is 10.7. The first kappa shape index (κ1) is 18.7. The highest BCUT2D eigenvalue weighted by Gasteiger charge is 2.16. The van der Waals surface area contributed by atoms with E-state index >= 15 is 0 Å². The molecular formula is C23H28O3. The minimum Gasteiger partial charge on any atom is -0.458 e. The normalized spacial score (nSPS) is 12.6. The smallest absolute Gasteiger partial charge is 0.138 e. The summed E-state index contributed by atoms with van der Waals surface area (Å²) in [5.41, 5.74) is 4.11. The van der Waals surface area contributed by atoms with Gasteiger partial charge in [-0.25, -0.2) is 0 Å². The molecule has 3 aromatic rings. The highest BCUT2D eigenvalue weighted by atomic mass is 16.4. The van der Waals surface area contributed by atoms with Crippen molar-refractivity contribution in [2.24, 2.45) is 0 Å². The van der Waals surface area contributed by atoms with Crippen LogP contribution in [0.4, 0.5) is 0 Å². The van der Waals surface area contributed by atoms with Crippen molar-refractivity contribution in [2.45, 2.75) is 51.6 Å². The summed E-state index contributed by atoms with van der Waals surface area (Å²) in [4.78, 5) is 0. The molecule has 26 heavy (non-hydrogen) atoms. The molecule has 2 aromatic carbocycles. The molecule has 0 saturated carbocycles. The molecular weight excluding hydrogens is 324 g/mol. The highest BCUT2D eigenvalue weighted by Crippen LogP contribution is 2.29. The third-order valence-corrected chi connectivity index (χ3v) is 4.86. The van der Waals surface area contributed by atoms with E-state index in [-0.39, 0.29) is 6.61 Å². The fourth-order valence-electron chi connectivity index (χ4n) is 3.30. The maximum Gasteiger partial charge on any atom is 0.138 e. The number of hydrogen-bond donors (Lipinski definition) is 2. The number of rotatable bonds is 9. The standard InChI is InChI=1S/C23H28O3/c1-2-3-4-6-17-8-11-19(12-9-17)23(25)22-16-20-15-18(7-5-14-24)10-13-21(20)26-22/h8-13,15-16,23-25H,2-7,14H2,1H3. The molecule has 0 spiro atoms. The summed E-state index contributed by atoms with van der Waals surface area (Å²) in [5.74, 6) is 0.568. The molecule has 0 aliphatic carbocycles. The van der Waals surface area contributed by atoms with Crippen LogP contribution in [0.5, 0.6) is 0 Å².